The molecule has 0 saturated heterocycles. The number of amides is 1. The van der Waals surface area contributed by atoms with Gasteiger partial charge in [0.1, 0.15) is 5.70 Å². The van der Waals surface area contributed by atoms with Gasteiger partial charge in [0.25, 0.3) is 0 Å². The summed E-state index contributed by atoms with van der Waals surface area (Å²) in [7, 11) is 0. The highest BCUT2D eigenvalue weighted by Gasteiger charge is 2.30. The fourth-order valence-electron chi connectivity index (χ4n) is 0.650. The predicted octanol–water partition coefficient (Wildman–Crippen LogP) is 0.111. The maximum absolute atomic E-state index is 10.9. The van der Waals surface area contributed by atoms with E-state index in [4.69, 9.17) is 5.11 Å². The van der Waals surface area contributed by atoms with Gasteiger partial charge in [-0.3, -0.25) is 4.79 Å². The van der Waals surface area contributed by atoms with Crippen molar-refractivity contribution >= 4 is 11.9 Å². The zero-order valence-corrected chi connectivity index (χ0v) is 5.96. The Kier molecular flexibility index (Phi) is 1.94. The predicted molar refractivity (Wildman–Crippen MR) is 37.6 cm³/mol. The molecule has 0 atom stereocenters. The van der Waals surface area contributed by atoms with Crippen LogP contribution in [0.25, 0.3) is 0 Å². The Morgan fingerprint density at radius 1 is 1.45 bits per heavy atom. The zero-order chi connectivity index (χ0) is 8.43. The Morgan fingerprint density at radius 3 is 2.36 bits per heavy atom. The SMILES string of the molecule is C=C(NC(=O)C1CC1)C(=O)O. The van der Waals surface area contributed by atoms with Gasteiger partial charge in [0.05, 0.1) is 0 Å². The molecule has 2 N–H and O–H groups in total. The van der Waals surface area contributed by atoms with E-state index in [0.29, 0.717) is 0 Å². The molecule has 0 bridgehead atoms. The van der Waals surface area contributed by atoms with Crippen LogP contribution in [0.5, 0.6) is 0 Å². The van der Waals surface area contributed by atoms with Crippen molar-refractivity contribution in [2.24, 2.45) is 5.92 Å². The molecule has 0 unspecified atom stereocenters. The summed E-state index contributed by atoms with van der Waals surface area (Å²) in [4.78, 5) is 21.0. The number of carbonyl (C=O) groups excluding carboxylic acids is 1. The van der Waals surface area contributed by atoms with Crippen molar-refractivity contribution in [3.63, 3.8) is 0 Å². The van der Waals surface area contributed by atoms with Crippen LogP contribution in [0.1, 0.15) is 12.8 Å². The van der Waals surface area contributed by atoms with Crippen molar-refractivity contribution in [3.8, 4) is 0 Å². The van der Waals surface area contributed by atoms with Crippen LogP contribution < -0.4 is 5.32 Å². The molecule has 1 saturated carbocycles. The van der Waals surface area contributed by atoms with E-state index in [0.717, 1.165) is 12.8 Å². The van der Waals surface area contributed by atoms with Crippen LogP contribution in [0.2, 0.25) is 0 Å². The second kappa shape index (κ2) is 2.74. The molecule has 1 rings (SSSR count). The van der Waals surface area contributed by atoms with Crippen LogP contribution in [0.4, 0.5) is 0 Å². The summed E-state index contributed by atoms with van der Waals surface area (Å²) in [6, 6.07) is 0. The molecule has 0 aromatic heterocycles. The average Bonchev–Trinajstić information content (AvgIpc) is 2.67. The van der Waals surface area contributed by atoms with Crippen molar-refractivity contribution in [3.05, 3.63) is 12.3 Å². The molecule has 1 aliphatic rings. The van der Waals surface area contributed by atoms with E-state index in [1.54, 1.807) is 0 Å². The molecule has 11 heavy (non-hydrogen) atoms. The number of hydrogen-bond donors (Lipinski definition) is 2. The summed E-state index contributed by atoms with van der Waals surface area (Å²) >= 11 is 0. The first-order chi connectivity index (χ1) is 5.11. The lowest BCUT2D eigenvalue weighted by atomic mass is 10.4. The Hall–Kier alpha value is -1.32. The monoisotopic (exact) mass is 155 g/mol. The molecule has 4 heteroatoms. The summed E-state index contributed by atoms with van der Waals surface area (Å²) in [5.74, 6) is -1.39. The third kappa shape index (κ3) is 2.07. The van der Waals surface area contributed by atoms with Gasteiger partial charge in [-0.15, -0.1) is 0 Å². The Labute approximate surface area is 63.9 Å². The summed E-state index contributed by atoms with van der Waals surface area (Å²) < 4.78 is 0. The highest BCUT2D eigenvalue weighted by molar-refractivity contribution is 5.93. The topological polar surface area (TPSA) is 66.4 Å². The molecule has 0 aromatic rings. The van der Waals surface area contributed by atoms with Crippen molar-refractivity contribution < 1.29 is 14.7 Å². The van der Waals surface area contributed by atoms with Crippen LogP contribution >= 0.6 is 0 Å². The van der Waals surface area contributed by atoms with Crippen LogP contribution in [-0.4, -0.2) is 17.0 Å². The molecule has 1 amide bonds. The Bertz CT molecular complexity index is 218. The molecule has 0 aliphatic heterocycles. The van der Waals surface area contributed by atoms with Gasteiger partial charge in [0, 0.05) is 5.92 Å². The standard InChI is InChI=1S/C7H9NO3/c1-4(7(10)11)8-6(9)5-2-3-5/h5H,1-3H2,(H,8,9)(H,10,11). The van der Waals surface area contributed by atoms with E-state index in [9.17, 15) is 9.59 Å². The molecule has 0 aromatic carbocycles. The quantitative estimate of drug-likeness (QED) is 0.568. The maximum atomic E-state index is 10.9. The van der Waals surface area contributed by atoms with E-state index in [1.807, 2.05) is 0 Å². The molecule has 4 nitrogen and oxygen atoms in total. The van der Waals surface area contributed by atoms with Gasteiger partial charge in [-0.2, -0.15) is 0 Å². The third-order valence-electron chi connectivity index (χ3n) is 1.48. The highest BCUT2D eigenvalue weighted by atomic mass is 16.4. The lowest BCUT2D eigenvalue weighted by Crippen LogP contribution is -2.27. The van der Waals surface area contributed by atoms with Gasteiger partial charge in [-0.05, 0) is 12.8 Å². The summed E-state index contributed by atoms with van der Waals surface area (Å²) in [5.41, 5.74) is -0.248. The lowest BCUT2D eigenvalue weighted by molar-refractivity contribution is -0.134. The molecular formula is C7H9NO3. The molecule has 0 spiro atoms. The number of carbonyl (C=O) groups is 2. The van der Waals surface area contributed by atoms with Gasteiger partial charge >= 0.3 is 5.97 Å². The first kappa shape index (κ1) is 7.78. The normalized spacial score (nSPS) is 15.6. The molecular weight excluding hydrogens is 146 g/mol. The van der Waals surface area contributed by atoms with Gasteiger partial charge in [-0.1, -0.05) is 6.58 Å². The highest BCUT2D eigenvalue weighted by Crippen LogP contribution is 2.28. The fourth-order valence-corrected chi connectivity index (χ4v) is 0.650. The second-order valence-corrected chi connectivity index (χ2v) is 2.55. The minimum Gasteiger partial charge on any atom is -0.477 e. The van der Waals surface area contributed by atoms with E-state index in [2.05, 4.69) is 11.9 Å². The molecule has 1 aliphatic carbocycles. The van der Waals surface area contributed by atoms with Gasteiger partial charge in [0.15, 0.2) is 0 Å². The van der Waals surface area contributed by atoms with Crippen molar-refractivity contribution in [1.82, 2.24) is 5.32 Å². The maximum Gasteiger partial charge on any atom is 0.351 e. The number of rotatable bonds is 3. The third-order valence-corrected chi connectivity index (χ3v) is 1.48. The second-order valence-electron chi connectivity index (χ2n) is 2.55. The number of carboxylic acids is 1. The Morgan fingerprint density at radius 2 is 2.00 bits per heavy atom. The van der Waals surface area contributed by atoms with Crippen LogP contribution in [0.15, 0.2) is 12.3 Å². The average molecular weight is 155 g/mol. The van der Waals surface area contributed by atoms with Crippen molar-refractivity contribution in [1.29, 1.82) is 0 Å². The first-order valence-electron chi connectivity index (χ1n) is 3.34. The molecule has 1 fully saturated rings. The van der Waals surface area contributed by atoms with Gasteiger partial charge < -0.3 is 10.4 Å². The summed E-state index contributed by atoms with van der Waals surface area (Å²) in [6.45, 7) is 3.17. The number of carboxylic acid groups (broad SMARTS) is 1. The molecule has 60 valence electrons. The largest absolute Gasteiger partial charge is 0.477 e. The van der Waals surface area contributed by atoms with Crippen LogP contribution in [0.3, 0.4) is 0 Å². The minimum absolute atomic E-state index is 0.0195. The zero-order valence-electron chi connectivity index (χ0n) is 5.96. The van der Waals surface area contributed by atoms with Gasteiger partial charge in [-0.25, -0.2) is 4.79 Å². The number of hydrogen-bond acceptors (Lipinski definition) is 2. The Balaban J connectivity index is 2.34. The minimum atomic E-state index is -1.18. The van der Waals surface area contributed by atoms with E-state index < -0.39 is 5.97 Å². The summed E-state index contributed by atoms with van der Waals surface area (Å²) in [6.07, 6.45) is 1.72. The van der Waals surface area contributed by atoms with E-state index in [-0.39, 0.29) is 17.5 Å². The van der Waals surface area contributed by atoms with E-state index >= 15 is 0 Å². The molecule has 0 heterocycles. The fraction of sp³-hybridized carbons (Fsp3) is 0.429. The lowest BCUT2D eigenvalue weighted by Gasteiger charge is -2.00. The van der Waals surface area contributed by atoms with Crippen LogP contribution in [0, 0.1) is 5.92 Å². The summed E-state index contributed by atoms with van der Waals surface area (Å²) in [5, 5.41) is 10.5. The van der Waals surface area contributed by atoms with Gasteiger partial charge in [0.2, 0.25) is 5.91 Å². The smallest absolute Gasteiger partial charge is 0.351 e. The first-order valence-corrected chi connectivity index (χ1v) is 3.34. The number of nitrogens with one attached hydrogen (secondary N) is 1. The van der Waals surface area contributed by atoms with E-state index in [1.165, 1.54) is 0 Å². The number of aliphatic carboxylic acids is 1. The van der Waals surface area contributed by atoms with Crippen LogP contribution in [-0.2, 0) is 9.59 Å². The molecule has 0 radical (unpaired) electrons. The van der Waals surface area contributed by atoms with Crippen molar-refractivity contribution in [2.75, 3.05) is 0 Å². The van der Waals surface area contributed by atoms with Crippen molar-refractivity contribution in [2.45, 2.75) is 12.8 Å².